The van der Waals surface area contributed by atoms with Gasteiger partial charge < -0.3 is 10.1 Å². The summed E-state index contributed by atoms with van der Waals surface area (Å²) in [6.45, 7) is 1.56. The largest absolute Gasteiger partial charge is 0.495 e. The maximum absolute atomic E-state index is 12.7. The van der Waals surface area contributed by atoms with E-state index in [1.54, 1.807) is 12.1 Å². The molecule has 3 rings (SSSR count). The average molecular weight is 451 g/mol. The second kappa shape index (κ2) is 9.27. The molecule has 0 spiro atoms. The molecule has 0 radical (unpaired) electrons. The minimum Gasteiger partial charge on any atom is -0.495 e. The van der Waals surface area contributed by atoms with E-state index in [0.29, 0.717) is 11.4 Å². The second-order valence-corrected chi connectivity index (χ2v) is 9.93. The molecule has 1 N–H and O–H groups in total. The number of methoxy groups -OCH3 is 1. The van der Waals surface area contributed by atoms with Crippen LogP contribution in [0.2, 0.25) is 5.02 Å². The molecule has 1 aliphatic rings. The summed E-state index contributed by atoms with van der Waals surface area (Å²) in [6.07, 6.45) is 5.62. The minimum absolute atomic E-state index is 0.231. The van der Waals surface area contributed by atoms with Crippen molar-refractivity contribution >= 4 is 33.2 Å². The topological polar surface area (TPSA) is 75.7 Å². The summed E-state index contributed by atoms with van der Waals surface area (Å²) < 4.78 is 30.8. The second-order valence-electron chi connectivity index (χ2n) is 7.61. The third-order valence-corrected chi connectivity index (χ3v) is 6.80. The van der Waals surface area contributed by atoms with E-state index in [4.69, 9.17) is 16.3 Å². The highest BCUT2D eigenvalue weighted by molar-refractivity contribution is 7.92. The van der Waals surface area contributed by atoms with Gasteiger partial charge in [0.25, 0.3) is 0 Å². The molecule has 0 bridgehead atoms. The number of sulfonamides is 1. The number of hydrogen-bond donors (Lipinski definition) is 1. The molecule has 2 aromatic carbocycles. The van der Waals surface area contributed by atoms with Gasteiger partial charge in [-0.2, -0.15) is 0 Å². The zero-order valence-electron chi connectivity index (χ0n) is 17.4. The van der Waals surface area contributed by atoms with Gasteiger partial charge in [0, 0.05) is 0 Å². The highest BCUT2D eigenvalue weighted by Gasteiger charge is 2.23. The van der Waals surface area contributed by atoms with Crippen LogP contribution in [0, 0.1) is 0 Å². The van der Waals surface area contributed by atoms with Gasteiger partial charge in [-0.15, -0.1) is 0 Å². The van der Waals surface area contributed by atoms with Crippen LogP contribution in [0.1, 0.15) is 42.5 Å². The highest BCUT2D eigenvalue weighted by Crippen LogP contribution is 2.30. The van der Waals surface area contributed by atoms with Crippen LogP contribution < -0.4 is 14.4 Å². The van der Waals surface area contributed by atoms with Gasteiger partial charge in [-0.25, -0.2) is 8.42 Å². The molecule has 6 nitrogen and oxygen atoms in total. The van der Waals surface area contributed by atoms with Crippen LogP contribution >= 0.6 is 11.6 Å². The smallest absolute Gasteiger partial charge is 0.241 e. The minimum atomic E-state index is -3.69. The van der Waals surface area contributed by atoms with E-state index in [9.17, 15) is 13.2 Å². The number of halogens is 1. The first-order chi connectivity index (χ1) is 14.2. The summed E-state index contributed by atoms with van der Waals surface area (Å²) in [4.78, 5) is 12.7. The maximum atomic E-state index is 12.7. The Kier molecular flexibility index (Phi) is 6.93. The van der Waals surface area contributed by atoms with Crippen molar-refractivity contribution in [1.82, 2.24) is 5.32 Å². The molecule has 162 valence electrons. The van der Waals surface area contributed by atoms with E-state index < -0.39 is 15.9 Å². The molecule has 8 heteroatoms. The summed E-state index contributed by atoms with van der Waals surface area (Å²) in [7, 11) is -2.21. The van der Waals surface area contributed by atoms with Crippen LogP contribution in [-0.2, 0) is 27.7 Å². The van der Waals surface area contributed by atoms with Gasteiger partial charge in [0.15, 0.2) is 0 Å². The Morgan fingerprint density at radius 1 is 1.17 bits per heavy atom. The molecule has 1 aliphatic carbocycles. The highest BCUT2D eigenvalue weighted by atomic mass is 35.5. The van der Waals surface area contributed by atoms with E-state index in [0.717, 1.165) is 29.0 Å². The van der Waals surface area contributed by atoms with Gasteiger partial charge in [0.1, 0.15) is 12.3 Å². The number of aryl methyl sites for hydroxylation is 2. The maximum Gasteiger partial charge on any atom is 0.241 e. The Labute approximate surface area is 183 Å². The molecular formula is C22H27ClN2O4S. The first-order valence-electron chi connectivity index (χ1n) is 9.91. The van der Waals surface area contributed by atoms with Crippen molar-refractivity contribution < 1.29 is 17.9 Å². The molecule has 1 amide bonds. The fourth-order valence-corrected chi connectivity index (χ4v) is 4.83. The molecule has 2 aromatic rings. The number of anilines is 1. The standard InChI is InChI=1S/C22H27ClN2O4S/c1-15(17-9-8-16-6-4-5-7-18(16)12-17)24-22(26)14-25(30(3,27)28)19-10-11-21(29-2)20(23)13-19/h8-13,15H,4-7,14H2,1-3H3,(H,24,26). The quantitative estimate of drug-likeness (QED) is 0.694. The van der Waals surface area contributed by atoms with Gasteiger partial charge in [-0.1, -0.05) is 29.8 Å². The van der Waals surface area contributed by atoms with E-state index in [1.165, 1.54) is 37.1 Å². The molecule has 0 aromatic heterocycles. The van der Waals surface area contributed by atoms with E-state index in [2.05, 4.69) is 17.4 Å². The number of nitrogens with zero attached hydrogens (tertiary/aromatic N) is 1. The van der Waals surface area contributed by atoms with E-state index in [1.807, 2.05) is 13.0 Å². The molecule has 1 unspecified atom stereocenters. The van der Waals surface area contributed by atoms with Gasteiger partial charge in [0.2, 0.25) is 15.9 Å². The van der Waals surface area contributed by atoms with Gasteiger partial charge in [-0.05, 0) is 67.5 Å². The monoisotopic (exact) mass is 450 g/mol. The Bertz CT molecular complexity index is 1040. The third-order valence-electron chi connectivity index (χ3n) is 5.36. The van der Waals surface area contributed by atoms with Crippen LogP contribution in [0.3, 0.4) is 0 Å². The summed E-state index contributed by atoms with van der Waals surface area (Å²) in [5.74, 6) is 0.0388. The molecule has 0 aliphatic heterocycles. The fourth-order valence-electron chi connectivity index (χ4n) is 3.73. The molecule has 0 heterocycles. The molecule has 0 saturated heterocycles. The van der Waals surface area contributed by atoms with Crippen LogP contribution in [0.15, 0.2) is 36.4 Å². The molecular weight excluding hydrogens is 424 g/mol. The van der Waals surface area contributed by atoms with Gasteiger partial charge >= 0.3 is 0 Å². The molecule has 30 heavy (non-hydrogen) atoms. The third kappa shape index (κ3) is 5.26. The van der Waals surface area contributed by atoms with Crippen molar-refractivity contribution in [2.45, 2.75) is 38.6 Å². The lowest BCUT2D eigenvalue weighted by atomic mass is 9.89. The Balaban J connectivity index is 1.74. The number of nitrogens with one attached hydrogen (secondary N) is 1. The predicted octanol–water partition coefficient (Wildman–Crippen LogP) is 3.87. The molecule has 1 atom stereocenters. The number of ether oxygens (including phenoxy) is 1. The van der Waals surface area contributed by atoms with Gasteiger partial charge in [-0.3, -0.25) is 9.10 Å². The summed E-state index contributed by atoms with van der Waals surface area (Å²) >= 11 is 6.14. The number of hydrogen-bond acceptors (Lipinski definition) is 4. The fraction of sp³-hybridized carbons (Fsp3) is 0.409. The Morgan fingerprint density at radius 2 is 1.87 bits per heavy atom. The number of carbonyl (C=O) groups is 1. The number of carbonyl (C=O) groups excluding carboxylic acids is 1. The van der Waals surface area contributed by atoms with Crippen molar-refractivity contribution in [1.29, 1.82) is 0 Å². The zero-order valence-corrected chi connectivity index (χ0v) is 19.0. The number of rotatable bonds is 7. The Hall–Kier alpha value is -2.25. The average Bonchev–Trinajstić information content (AvgIpc) is 2.70. The van der Waals surface area contributed by atoms with Crippen LogP contribution in [0.4, 0.5) is 5.69 Å². The van der Waals surface area contributed by atoms with Crippen molar-refractivity contribution in [3.63, 3.8) is 0 Å². The van der Waals surface area contributed by atoms with E-state index in [-0.39, 0.29) is 17.6 Å². The lowest BCUT2D eigenvalue weighted by Gasteiger charge is -2.24. The van der Waals surface area contributed by atoms with Gasteiger partial charge in [0.05, 0.1) is 30.1 Å². The van der Waals surface area contributed by atoms with Crippen LogP contribution in [-0.4, -0.2) is 34.2 Å². The predicted molar refractivity (Wildman–Crippen MR) is 120 cm³/mol. The molecule has 0 saturated carbocycles. The zero-order chi connectivity index (χ0) is 21.9. The van der Waals surface area contributed by atoms with Crippen molar-refractivity contribution in [3.05, 3.63) is 58.1 Å². The lowest BCUT2D eigenvalue weighted by molar-refractivity contribution is -0.120. The first-order valence-corrected chi connectivity index (χ1v) is 12.1. The first kappa shape index (κ1) is 22.4. The Morgan fingerprint density at radius 3 is 2.50 bits per heavy atom. The number of amides is 1. The normalized spacial score (nSPS) is 14.5. The SMILES string of the molecule is COc1ccc(N(CC(=O)NC(C)c2ccc3c(c2)CCCC3)S(C)(=O)=O)cc1Cl. The number of fused-ring (bicyclic) bond motifs is 1. The van der Waals surface area contributed by atoms with Crippen molar-refractivity contribution in [2.24, 2.45) is 0 Å². The van der Waals surface area contributed by atoms with Crippen molar-refractivity contribution in [3.8, 4) is 5.75 Å². The molecule has 0 fully saturated rings. The van der Waals surface area contributed by atoms with E-state index >= 15 is 0 Å². The summed E-state index contributed by atoms with van der Waals surface area (Å²) in [5, 5.41) is 3.18. The van der Waals surface area contributed by atoms with Crippen LogP contribution in [0.25, 0.3) is 0 Å². The lowest BCUT2D eigenvalue weighted by Crippen LogP contribution is -2.41. The number of benzene rings is 2. The summed E-state index contributed by atoms with van der Waals surface area (Å²) in [5.41, 5.74) is 4.04. The van der Waals surface area contributed by atoms with Crippen LogP contribution in [0.5, 0.6) is 5.75 Å². The summed E-state index contributed by atoms with van der Waals surface area (Å²) in [6, 6.07) is 10.7. The van der Waals surface area contributed by atoms with Crippen molar-refractivity contribution in [2.75, 3.05) is 24.2 Å².